The Kier molecular flexibility index (Phi) is 8.17. The fourth-order valence-electron chi connectivity index (χ4n) is 4.45. The Balaban J connectivity index is 0.00000324. The van der Waals surface area contributed by atoms with Crippen LogP contribution in [0.15, 0.2) is 12.0 Å². The van der Waals surface area contributed by atoms with E-state index in [-0.39, 0.29) is 55.0 Å². The Morgan fingerprint density at radius 2 is 1.94 bits per heavy atom. The Morgan fingerprint density at radius 3 is 2.56 bits per heavy atom. The van der Waals surface area contributed by atoms with E-state index in [4.69, 9.17) is 5.73 Å². The van der Waals surface area contributed by atoms with Crippen molar-refractivity contribution in [1.82, 2.24) is 15.2 Å². The summed E-state index contributed by atoms with van der Waals surface area (Å²) in [5.41, 5.74) is 6.03. The van der Waals surface area contributed by atoms with E-state index in [1.54, 1.807) is 5.94 Å². The number of aromatic nitrogens is 1. The molecule has 1 amide bonds. The van der Waals surface area contributed by atoms with E-state index >= 15 is 0 Å². The molecule has 3 aliphatic rings. The molecule has 0 radical (unpaired) electrons. The summed E-state index contributed by atoms with van der Waals surface area (Å²) in [4.78, 5) is 30.2. The monoisotopic (exact) mass is 525 g/mol. The largest absolute Gasteiger partial charge is 0.356 e. The fourth-order valence-corrected chi connectivity index (χ4v) is 5.39. The number of carbonyl (C=O) groups is 1. The van der Waals surface area contributed by atoms with E-state index in [0.717, 1.165) is 24.2 Å². The van der Waals surface area contributed by atoms with Gasteiger partial charge in [0.1, 0.15) is 0 Å². The van der Waals surface area contributed by atoms with Crippen LogP contribution in [0.2, 0.25) is 0 Å². The maximum absolute atomic E-state index is 14.1. The summed E-state index contributed by atoms with van der Waals surface area (Å²) in [6, 6.07) is -1.45. The van der Waals surface area contributed by atoms with Crippen LogP contribution in [0.4, 0.5) is 22.7 Å². The maximum Gasteiger partial charge on any atom is 0.282 e. The highest BCUT2D eigenvalue weighted by Crippen LogP contribution is 2.44. The van der Waals surface area contributed by atoms with Gasteiger partial charge < -0.3 is 21.3 Å². The Morgan fingerprint density at radius 1 is 1.26 bits per heavy atom. The molecule has 34 heavy (non-hydrogen) atoms. The van der Waals surface area contributed by atoms with Gasteiger partial charge in [0.15, 0.2) is 16.9 Å². The van der Waals surface area contributed by atoms with Crippen LogP contribution in [0, 0.1) is 11.8 Å². The van der Waals surface area contributed by atoms with Crippen LogP contribution in [0.3, 0.4) is 0 Å². The Bertz CT molecular complexity index is 928. The van der Waals surface area contributed by atoms with E-state index in [1.165, 1.54) is 11.1 Å². The molecule has 1 aromatic heterocycles. The zero-order valence-corrected chi connectivity index (χ0v) is 20.0. The van der Waals surface area contributed by atoms with E-state index in [9.17, 15) is 27.2 Å². The van der Waals surface area contributed by atoms with Crippen LogP contribution in [-0.2, 0) is 9.59 Å². The van der Waals surface area contributed by atoms with Crippen molar-refractivity contribution in [3.63, 3.8) is 0 Å². The summed E-state index contributed by atoms with van der Waals surface area (Å²) in [6.07, 6.45) is 3.84. The van der Waals surface area contributed by atoms with Gasteiger partial charge in [-0.1, -0.05) is 24.2 Å². The number of hydrogen-bond donors (Lipinski definition) is 3. The number of alkyl halides is 4. The Hall–Kier alpha value is -1.88. The molecule has 2 aliphatic carbocycles. The molecule has 0 bridgehead atoms. The lowest BCUT2D eigenvalue weighted by molar-refractivity contribution is -0.120. The van der Waals surface area contributed by atoms with Gasteiger partial charge in [-0.15, -0.1) is 12.4 Å². The number of amides is 1. The molecule has 2 heterocycles. The van der Waals surface area contributed by atoms with Crippen molar-refractivity contribution in [2.24, 2.45) is 17.6 Å². The van der Waals surface area contributed by atoms with Crippen molar-refractivity contribution in [3.05, 3.63) is 16.9 Å². The SMILES string of the molecule is Cl.N[C@H](C(=O)Nc1ncc(C(CC2CC2)N2CC(F)(F)CNC2=C=O)s1)C1CCC(F)(F)CC1. The van der Waals surface area contributed by atoms with Gasteiger partial charge in [0, 0.05) is 23.9 Å². The summed E-state index contributed by atoms with van der Waals surface area (Å²) in [5, 5.41) is 5.35. The highest BCUT2D eigenvalue weighted by Gasteiger charge is 2.43. The molecule has 1 saturated heterocycles. The minimum Gasteiger partial charge on any atom is -0.356 e. The second kappa shape index (κ2) is 10.4. The molecule has 7 nitrogen and oxygen atoms in total. The first kappa shape index (κ1) is 26.7. The van der Waals surface area contributed by atoms with Crippen LogP contribution >= 0.6 is 23.7 Å². The van der Waals surface area contributed by atoms with Gasteiger partial charge in [0.05, 0.1) is 25.2 Å². The van der Waals surface area contributed by atoms with Crippen molar-refractivity contribution in [3.8, 4) is 0 Å². The van der Waals surface area contributed by atoms with Crippen molar-refractivity contribution in [1.29, 1.82) is 0 Å². The summed E-state index contributed by atoms with van der Waals surface area (Å²) in [7, 11) is 0. The molecule has 1 unspecified atom stereocenters. The number of halogens is 5. The van der Waals surface area contributed by atoms with Crippen LogP contribution < -0.4 is 16.4 Å². The van der Waals surface area contributed by atoms with E-state index in [2.05, 4.69) is 15.6 Å². The maximum atomic E-state index is 14.1. The quantitative estimate of drug-likeness (QED) is 0.371. The van der Waals surface area contributed by atoms with Crippen molar-refractivity contribution in [2.45, 2.75) is 68.9 Å². The highest BCUT2D eigenvalue weighted by molar-refractivity contribution is 7.15. The van der Waals surface area contributed by atoms with Crippen molar-refractivity contribution >= 4 is 40.7 Å². The first-order valence-electron chi connectivity index (χ1n) is 11.1. The van der Waals surface area contributed by atoms with Gasteiger partial charge in [-0.2, -0.15) is 0 Å². The van der Waals surface area contributed by atoms with Crippen LogP contribution in [-0.4, -0.2) is 52.7 Å². The van der Waals surface area contributed by atoms with Gasteiger partial charge in [-0.05, 0) is 31.1 Å². The van der Waals surface area contributed by atoms with Crippen LogP contribution in [0.25, 0.3) is 0 Å². The predicted molar refractivity (Wildman–Crippen MR) is 122 cm³/mol. The number of hydrogen-bond acceptors (Lipinski definition) is 7. The smallest absolute Gasteiger partial charge is 0.282 e. The second-order valence-corrected chi connectivity index (χ2v) is 10.3. The van der Waals surface area contributed by atoms with Crippen molar-refractivity contribution < 1.29 is 27.2 Å². The first-order valence-corrected chi connectivity index (χ1v) is 11.9. The highest BCUT2D eigenvalue weighted by atomic mass is 35.5. The summed E-state index contributed by atoms with van der Waals surface area (Å²) in [5.74, 6) is -4.48. The molecule has 4 N–H and O–H groups in total. The number of rotatable bonds is 7. The zero-order chi connectivity index (χ0) is 23.8. The van der Waals surface area contributed by atoms with E-state index in [0.29, 0.717) is 17.2 Å². The molecule has 3 fully saturated rings. The third-order valence-corrected chi connectivity index (χ3v) is 7.60. The normalized spacial score (nSPS) is 23.8. The van der Waals surface area contributed by atoms with E-state index in [1.807, 2.05) is 0 Å². The van der Waals surface area contributed by atoms with Crippen molar-refractivity contribution in [2.75, 3.05) is 18.4 Å². The molecular weight excluding hydrogens is 498 g/mol. The average Bonchev–Trinajstić information content (AvgIpc) is 3.47. The lowest BCUT2D eigenvalue weighted by atomic mass is 9.82. The van der Waals surface area contributed by atoms with E-state index < -0.39 is 42.9 Å². The molecule has 2 saturated carbocycles. The number of anilines is 1. The number of carbonyl (C=O) groups excluding carboxylic acids is 2. The van der Waals surface area contributed by atoms with Gasteiger partial charge >= 0.3 is 0 Å². The third-order valence-electron chi connectivity index (χ3n) is 6.58. The second-order valence-electron chi connectivity index (χ2n) is 9.26. The Labute approximate surface area is 204 Å². The molecule has 0 aromatic carbocycles. The van der Waals surface area contributed by atoms with Gasteiger partial charge in [0.2, 0.25) is 11.8 Å². The lowest BCUT2D eigenvalue weighted by Gasteiger charge is -2.40. The number of nitrogens with two attached hydrogens (primary N) is 1. The van der Waals surface area contributed by atoms with Gasteiger partial charge in [-0.25, -0.2) is 27.3 Å². The fraction of sp³-hybridized carbons (Fsp3) is 0.714. The number of nitrogens with one attached hydrogen (secondary N) is 2. The lowest BCUT2D eigenvalue weighted by Crippen LogP contribution is -2.53. The topological polar surface area (TPSA) is 100 Å². The molecule has 190 valence electrons. The third kappa shape index (κ3) is 6.41. The predicted octanol–water partition coefficient (Wildman–Crippen LogP) is 3.71. The minimum absolute atomic E-state index is 0. The van der Waals surface area contributed by atoms with Crippen LogP contribution in [0.5, 0.6) is 0 Å². The van der Waals surface area contributed by atoms with Gasteiger partial charge in [-0.3, -0.25) is 4.79 Å². The average molecular weight is 526 g/mol. The number of thiazole rings is 1. The molecular formula is C21H28ClF4N5O2S. The minimum atomic E-state index is -3.01. The summed E-state index contributed by atoms with van der Waals surface area (Å²) < 4.78 is 55.0. The van der Waals surface area contributed by atoms with Gasteiger partial charge in [0.25, 0.3) is 5.92 Å². The standard InChI is InChI=1S/C21H27F4N5O2S.ClH/c22-20(23)5-3-13(4-6-20)17(26)18(32)29-19-27-8-15(33-19)14(7-12-1-2-12)30-11-21(24,25)10-28-16(30)9-31;/h8,12-14,17,28H,1-7,10-11,26H2,(H,27,29,32);1H/t14?,17-;/m0./s1. The number of nitrogens with zero attached hydrogens (tertiary/aromatic N) is 2. The van der Waals surface area contributed by atoms with Crippen LogP contribution in [0.1, 0.15) is 55.9 Å². The summed E-state index contributed by atoms with van der Waals surface area (Å²) in [6.45, 7) is -1.24. The molecule has 1 aliphatic heterocycles. The molecule has 0 spiro atoms. The molecule has 1 aromatic rings. The summed E-state index contributed by atoms with van der Waals surface area (Å²) >= 11 is 1.13. The zero-order valence-electron chi connectivity index (χ0n) is 18.4. The molecule has 2 atom stereocenters. The molecule has 13 heteroatoms. The first-order chi connectivity index (χ1) is 15.6. The molecule has 4 rings (SSSR count).